The smallest absolute Gasteiger partial charge is 0.307 e. The largest absolute Gasteiger partial charge is 0.469 e. The summed E-state index contributed by atoms with van der Waals surface area (Å²) >= 11 is 3.32. The minimum atomic E-state index is -3.65. The van der Waals surface area contributed by atoms with E-state index in [2.05, 4.69) is 25.4 Å². The molecule has 0 aliphatic carbocycles. The molecule has 0 aliphatic rings. The number of ether oxygens (including phenoxy) is 1. The predicted molar refractivity (Wildman–Crippen MR) is 79.3 cm³/mol. The van der Waals surface area contributed by atoms with Gasteiger partial charge in [0.15, 0.2) is 0 Å². The van der Waals surface area contributed by atoms with Crippen molar-refractivity contribution in [2.75, 3.05) is 21.2 Å². The lowest BCUT2D eigenvalue weighted by atomic mass is 10.1. The van der Waals surface area contributed by atoms with Gasteiger partial charge < -0.3 is 4.74 Å². The number of rotatable bonds is 6. The van der Waals surface area contributed by atoms with Crippen LogP contribution in [0.15, 0.2) is 28.7 Å². The third kappa shape index (κ3) is 4.86. The second-order valence-electron chi connectivity index (χ2n) is 4.29. The van der Waals surface area contributed by atoms with E-state index in [-0.39, 0.29) is 6.42 Å². The van der Waals surface area contributed by atoms with Crippen molar-refractivity contribution < 1.29 is 17.9 Å². The zero-order valence-corrected chi connectivity index (χ0v) is 13.9. The second-order valence-corrected chi connectivity index (χ2v) is 7.12. The van der Waals surface area contributed by atoms with E-state index in [1.54, 1.807) is 18.2 Å². The molecule has 0 aliphatic heterocycles. The number of nitrogens with zero attached hydrogens (tertiary/aromatic N) is 1. The van der Waals surface area contributed by atoms with Crippen molar-refractivity contribution >= 4 is 32.1 Å². The zero-order chi connectivity index (χ0) is 15.3. The van der Waals surface area contributed by atoms with Gasteiger partial charge in [0, 0.05) is 18.6 Å². The number of methoxy groups -OCH3 is 1. The lowest BCUT2D eigenvalue weighted by Gasteiger charge is -2.21. The second kappa shape index (κ2) is 7.16. The van der Waals surface area contributed by atoms with Crippen LogP contribution in [-0.2, 0) is 19.7 Å². The monoisotopic (exact) mass is 364 g/mol. The summed E-state index contributed by atoms with van der Waals surface area (Å²) in [6, 6.07) is 6.40. The number of esters is 1. The number of carbonyl (C=O) groups excluding carboxylic acids is 1. The van der Waals surface area contributed by atoms with E-state index < -0.39 is 22.2 Å². The van der Waals surface area contributed by atoms with E-state index in [1.165, 1.54) is 21.2 Å². The fraction of sp³-hybridized carbons (Fsp3) is 0.417. The number of hydrogen-bond acceptors (Lipinski definition) is 4. The Labute approximate surface area is 127 Å². The van der Waals surface area contributed by atoms with E-state index in [0.29, 0.717) is 5.56 Å². The van der Waals surface area contributed by atoms with Crippen molar-refractivity contribution in [3.8, 4) is 0 Å². The third-order valence-electron chi connectivity index (χ3n) is 2.62. The summed E-state index contributed by atoms with van der Waals surface area (Å²) in [5.74, 6) is -0.489. The number of benzene rings is 1. The highest BCUT2D eigenvalue weighted by atomic mass is 79.9. The fourth-order valence-corrected chi connectivity index (χ4v) is 2.69. The van der Waals surface area contributed by atoms with Crippen LogP contribution in [0.4, 0.5) is 0 Å². The Balaban J connectivity index is 3.06. The third-order valence-corrected chi connectivity index (χ3v) is 4.66. The highest BCUT2D eigenvalue weighted by Crippen LogP contribution is 2.22. The first kappa shape index (κ1) is 17.1. The summed E-state index contributed by atoms with van der Waals surface area (Å²) in [5, 5.41) is 0. The predicted octanol–water partition coefficient (Wildman–Crippen LogP) is 1.45. The fourth-order valence-electron chi connectivity index (χ4n) is 1.49. The summed E-state index contributed by atoms with van der Waals surface area (Å²) in [5.41, 5.74) is 0.676. The number of carbonyl (C=O) groups is 1. The molecule has 0 unspecified atom stereocenters. The molecule has 1 aromatic carbocycles. The van der Waals surface area contributed by atoms with Crippen molar-refractivity contribution in [3.05, 3.63) is 34.3 Å². The molecular weight excluding hydrogens is 348 g/mol. The molecule has 0 radical (unpaired) electrons. The van der Waals surface area contributed by atoms with Crippen LogP contribution in [0.25, 0.3) is 0 Å². The maximum absolute atomic E-state index is 11.9. The normalized spacial score (nSPS) is 13.2. The molecule has 112 valence electrons. The molecule has 0 spiro atoms. The quantitative estimate of drug-likeness (QED) is 0.775. The van der Waals surface area contributed by atoms with Crippen LogP contribution in [0.2, 0.25) is 0 Å². The molecule has 0 fully saturated rings. The lowest BCUT2D eigenvalue weighted by Crippen LogP contribution is -2.38. The molecule has 20 heavy (non-hydrogen) atoms. The van der Waals surface area contributed by atoms with Crippen LogP contribution in [0.5, 0.6) is 0 Å². The molecule has 0 amide bonds. The maximum atomic E-state index is 11.9. The average Bonchev–Trinajstić information content (AvgIpc) is 2.37. The van der Waals surface area contributed by atoms with Crippen molar-refractivity contribution in [2.45, 2.75) is 12.5 Å². The van der Waals surface area contributed by atoms with E-state index in [9.17, 15) is 13.2 Å². The molecule has 0 heterocycles. The minimum Gasteiger partial charge on any atom is -0.469 e. The van der Waals surface area contributed by atoms with Crippen LogP contribution in [0, 0.1) is 0 Å². The molecule has 1 N–H and O–H groups in total. The van der Waals surface area contributed by atoms with Crippen LogP contribution < -0.4 is 4.72 Å². The first-order valence-corrected chi connectivity index (χ1v) is 8.01. The lowest BCUT2D eigenvalue weighted by molar-refractivity contribution is -0.141. The summed E-state index contributed by atoms with van der Waals surface area (Å²) in [6.45, 7) is 0. The Morgan fingerprint density at radius 1 is 1.45 bits per heavy atom. The van der Waals surface area contributed by atoms with E-state index in [0.717, 1.165) is 8.78 Å². The Kier molecular flexibility index (Phi) is 6.12. The molecule has 8 heteroatoms. The Hall–Kier alpha value is -0.960. The number of nitrogens with one attached hydrogen (secondary N) is 1. The molecule has 0 saturated carbocycles. The summed E-state index contributed by atoms with van der Waals surface area (Å²) in [6.07, 6.45) is -0.0833. The number of halogens is 1. The van der Waals surface area contributed by atoms with Gasteiger partial charge in [-0.2, -0.15) is 17.4 Å². The van der Waals surface area contributed by atoms with Gasteiger partial charge in [0.1, 0.15) is 0 Å². The maximum Gasteiger partial charge on any atom is 0.307 e. The molecular formula is C12H17BrN2O4S. The highest BCUT2D eigenvalue weighted by Gasteiger charge is 2.24. The Morgan fingerprint density at radius 2 is 2.10 bits per heavy atom. The first-order chi connectivity index (χ1) is 9.26. The summed E-state index contributed by atoms with van der Waals surface area (Å²) in [4.78, 5) is 11.5. The SMILES string of the molecule is COC(=O)C[C@H](NS(=O)(=O)N(C)C)c1cccc(Br)c1. The molecule has 6 nitrogen and oxygen atoms in total. The average molecular weight is 365 g/mol. The van der Waals surface area contributed by atoms with Crippen LogP contribution in [0.3, 0.4) is 0 Å². The molecule has 0 aromatic heterocycles. The van der Waals surface area contributed by atoms with Gasteiger partial charge in [-0.1, -0.05) is 28.1 Å². The topological polar surface area (TPSA) is 75.7 Å². The Morgan fingerprint density at radius 3 is 2.60 bits per heavy atom. The van der Waals surface area contributed by atoms with Crippen molar-refractivity contribution in [1.82, 2.24) is 9.03 Å². The Bertz CT molecular complexity index is 575. The van der Waals surface area contributed by atoms with E-state index in [1.807, 2.05) is 6.07 Å². The van der Waals surface area contributed by atoms with Crippen molar-refractivity contribution in [2.24, 2.45) is 0 Å². The molecule has 0 saturated heterocycles. The van der Waals surface area contributed by atoms with Gasteiger partial charge in [0.25, 0.3) is 10.2 Å². The van der Waals surface area contributed by atoms with E-state index >= 15 is 0 Å². The number of hydrogen-bond donors (Lipinski definition) is 1. The molecule has 1 aromatic rings. The first-order valence-electron chi connectivity index (χ1n) is 5.78. The molecule has 1 rings (SSSR count). The van der Waals surface area contributed by atoms with Gasteiger partial charge in [-0.15, -0.1) is 0 Å². The van der Waals surface area contributed by atoms with Crippen LogP contribution in [-0.4, -0.2) is 39.9 Å². The van der Waals surface area contributed by atoms with Crippen molar-refractivity contribution in [3.63, 3.8) is 0 Å². The zero-order valence-electron chi connectivity index (χ0n) is 11.5. The van der Waals surface area contributed by atoms with Crippen LogP contribution >= 0.6 is 15.9 Å². The summed E-state index contributed by atoms with van der Waals surface area (Å²) in [7, 11) is 0.443. The standard InChI is InChI=1S/C12H17BrN2O4S/c1-15(2)20(17,18)14-11(8-12(16)19-3)9-5-4-6-10(13)7-9/h4-7,11,14H,8H2,1-3H3/t11-/m0/s1. The molecule has 0 bridgehead atoms. The molecule has 1 atom stereocenters. The van der Waals surface area contributed by atoms with Gasteiger partial charge in [0.05, 0.1) is 19.6 Å². The van der Waals surface area contributed by atoms with Gasteiger partial charge >= 0.3 is 5.97 Å². The van der Waals surface area contributed by atoms with Gasteiger partial charge in [-0.05, 0) is 17.7 Å². The van der Waals surface area contributed by atoms with Crippen molar-refractivity contribution in [1.29, 1.82) is 0 Å². The highest BCUT2D eigenvalue weighted by molar-refractivity contribution is 9.10. The van der Waals surface area contributed by atoms with E-state index in [4.69, 9.17) is 0 Å². The summed E-state index contributed by atoms with van der Waals surface area (Å²) < 4.78 is 32.8. The van der Waals surface area contributed by atoms with Crippen LogP contribution in [0.1, 0.15) is 18.0 Å². The minimum absolute atomic E-state index is 0.0833. The van der Waals surface area contributed by atoms with Gasteiger partial charge in [0.2, 0.25) is 0 Å². The van der Waals surface area contributed by atoms with Gasteiger partial charge in [-0.3, -0.25) is 4.79 Å². The van der Waals surface area contributed by atoms with Gasteiger partial charge in [-0.25, -0.2) is 0 Å².